The van der Waals surface area contributed by atoms with E-state index in [1.165, 1.54) is 0 Å². The summed E-state index contributed by atoms with van der Waals surface area (Å²) in [6.07, 6.45) is 2.57. The van der Waals surface area contributed by atoms with Crippen molar-refractivity contribution in [2.75, 3.05) is 5.75 Å². The van der Waals surface area contributed by atoms with Crippen molar-refractivity contribution in [2.24, 2.45) is 5.73 Å². The molecule has 0 aliphatic carbocycles. The van der Waals surface area contributed by atoms with Gasteiger partial charge in [0.15, 0.2) is 0 Å². The number of furan rings is 1. The molecule has 90 valence electrons. The summed E-state index contributed by atoms with van der Waals surface area (Å²) in [6, 6.07) is 4.14. The van der Waals surface area contributed by atoms with Crippen LogP contribution < -0.4 is 5.73 Å². The van der Waals surface area contributed by atoms with E-state index < -0.39 is 0 Å². The molecule has 0 amide bonds. The molecule has 2 nitrogen and oxygen atoms in total. The molecule has 0 radical (unpaired) electrons. The largest absolute Gasteiger partial charge is 0.469 e. The van der Waals surface area contributed by atoms with Gasteiger partial charge in [-0.1, -0.05) is 13.8 Å². The van der Waals surface area contributed by atoms with Crippen LogP contribution in [0.1, 0.15) is 19.6 Å². The van der Waals surface area contributed by atoms with Gasteiger partial charge in [0.2, 0.25) is 0 Å². The summed E-state index contributed by atoms with van der Waals surface area (Å²) in [6.45, 7) is 4.60. The summed E-state index contributed by atoms with van der Waals surface area (Å²) in [7, 11) is 0. The molecule has 2 rings (SSSR count). The average molecular weight is 257 g/mol. The maximum absolute atomic E-state index is 6.25. The quantitative estimate of drug-likeness (QED) is 0.904. The van der Waals surface area contributed by atoms with Crippen molar-refractivity contribution < 1.29 is 4.42 Å². The lowest BCUT2D eigenvalue weighted by molar-refractivity contribution is 0.482. The van der Waals surface area contributed by atoms with Crippen LogP contribution in [0, 0.1) is 0 Å². The molecule has 0 spiro atoms. The molecule has 1 saturated heterocycles. The van der Waals surface area contributed by atoms with Gasteiger partial charge < -0.3 is 10.2 Å². The third kappa shape index (κ3) is 2.99. The van der Waals surface area contributed by atoms with Crippen LogP contribution in [-0.2, 0) is 6.42 Å². The second kappa shape index (κ2) is 5.52. The number of hydrogen-bond donors (Lipinski definition) is 1. The molecular formula is C12H19NOS2. The summed E-state index contributed by atoms with van der Waals surface area (Å²) in [5.41, 5.74) is 6.25. The normalized spacial score (nSPS) is 32.6. The molecule has 1 aliphatic heterocycles. The van der Waals surface area contributed by atoms with Crippen LogP contribution in [0.4, 0.5) is 0 Å². The number of hydrogen-bond acceptors (Lipinski definition) is 4. The second-order valence-corrected chi connectivity index (χ2v) is 7.40. The van der Waals surface area contributed by atoms with Gasteiger partial charge in [0.1, 0.15) is 5.76 Å². The Labute approximate surface area is 106 Å². The topological polar surface area (TPSA) is 39.2 Å². The first-order valence-corrected chi connectivity index (χ1v) is 7.71. The predicted octanol–water partition coefficient (Wildman–Crippen LogP) is 2.78. The zero-order chi connectivity index (χ0) is 11.5. The van der Waals surface area contributed by atoms with Gasteiger partial charge in [-0.05, 0) is 12.1 Å². The summed E-state index contributed by atoms with van der Waals surface area (Å²) in [5, 5.41) is 2.00. The first-order valence-electron chi connectivity index (χ1n) is 5.72. The van der Waals surface area contributed by atoms with Gasteiger partial charge in [-0.15, -0.1) is 0 Å². The van der Waals surface area contributed by atoms with E-state index in [0.29, 0.717) is 10.5 Å². The van der Waals surface area contributed by atoms with Gasteiger partial charge in [0, 0.05) is 34.0 Å². The SMILES string of the molecule is CC1SCC(C(N)Cc2ccco2)SC1C. The Morgan fingerprint density at radius 2 is 2.31 bits per heavy atom. The minimum Gasteiger partial charge on any atom is -0.469 e. The maximum Gasteiger partial charge on any atom is 0.105 e. The van der Waals surface area contributed by atoms with Crippen molar-refractivity contribution in [2.45, 2.75) is 42.1 Å². The van der Waals surface area contributed by atoms with E-state index >= 15 is 0 Å². The van der Waals surface area contributed by atoms with Crippen LogP contribution in [0.15, 0.2) is 22.8 Å². The van der Waals surface area contributed by atoms with E-state index in [0.717, 1.165) is 23.2 Å². The van der Waals surface area contributed by atoms with Gasteiger partial charge in [0.25, 0.3) is 0 Å². The Kier molecular flexibility index (Phi) is 4.27. The highest BCUT2D eigenvalue weighted by atomic mass is 32.2. The van der Waals surface area contributed by atoms with E-state index in [2.05, 4.69) is 13.8 Å². The van der Waals surface area contributed by atoms with Crippen molar-refractivity contribution in [3.05, 3.63) is 24.2 Å². The molecule has 4 unspecified atom stereocenters. The predicted molar refractivity (Wildman–Crippen MR) is 73.1 cm³/mol. The number of nitrogens with two attached hydrogens (primary N) is 1. The van der Waals surface area contributed by atoms with Crippen molar-refractivity contribution in [3.8, 4) is 0 Å². The zero-order valence-electron chi connectivity index (χ0n) is 9.76. The molecular weight excluding hydrogens is 238 g/mol. The highest BCUT2D eigenvalue weighted by Gasteiger charge is 2.29. The molecule has 1 aromatic rings. The second-order valence-electron chi connectivity index (χ2n) is 4.37. The Balaban J connectivity index is 1.88. The van der Waals surface area contributed by atoms with Gasteiger partial charge in [-0.3, -0.25) is 0 Å². The monoisotopic (exact) mass is 257 g/mol. The molecule has 2 heterocycles. The summed E-state index contributed by atoms with van der Waals surface area (Å²) < 4.78 is 5.35. The van der Waals surface area contributed by atoms with Gasteiger partial charge in [-0.25, -0.2) is 0 Å². The highest BCUT2D eigenvalue weighted by molar-refractivity contribution is 8.07. The minimum atomic E-state index is 0.207. The lowest BCUT2D eigenvalue weighted by atomic mass is 10.1. The van der Waals surface area contributed by atoms with Crippen molar-refractivity contribution in [3.63, 3.8) is 0 Å². The van der Waals surface area contributed by atoms with Crippen molar-refractivity contribution in [1.82, 2.24) is 0 Å². The molecule has 16 heavy (non-hydrogen) atoms. The Bertz CT molecular complexity index is 315. The third-order valence-corrected chi connectivity index (χ3v) is 6.64. The van der Waals surface area contributed by atoms with Crippen LogP contribution >= 0.6 is 23.5 Å². The number of thioether (sulfide) groups is 2. The van der Waals surface area contributed by atoms with Gasteiger partial charge >= 0.3 is 0 Å². The zero-order valence-corrected chi connectivity index (χ0v) is 11.4. The van der Waals surface area contributed by atoms with Crippen molar-refractivity contribution >= 4 is 23.5 Å². The lowest BCUT2D eigenvalue weighted by Gasteiger charge is -2.34. The third-order valence-electron chi connectivity index (χ3n) is 3.07. The van der Waals surface area contributed by atoms with Crippen LogP contribution in [0.2, 0.25) is 0 Å². The van der Waals surface area contributed by atoms with Gasteiger partial charge in [0.05, 0.1) is 6.26 Å². The molecule has 1 aromatic heterocycles. The molecule has 1 aliphatic rings. The standard InChI is InChI=1S/C12H19NOS2/c1-8-9(2)16-12(7-15-8)11(13)6-10-4-3-5-14-10/h3-5,8-9,11-12H,6-7,13H2,1-2H3. The molecule has 0 bridgehead atoms. The van der Waals surface area contributed by atoms with E-state index in [4.69, 9.17) is 10.2 Å². The van der Waals surface area contributed by atoms with E-state index in [1.54, 1.807) is 6.26 Å². The van der Waals surface area contributed by atoms with Crippen molar-refractivity contribution in [1.29, 1.82) is 0 Å². The first-order chi connectivity index (χ1) is 7.66. The van der Waals surface area contributed by atoms with Crippen LogP contribution in [0.5, 0.6) is 0 Å². The van der Waals surface area contributed by atoms with E-state index in [-0.39, 0.29) is 6.04 Å². The fraction of sp³-hybridized carbons (Fsp3) is 0.667. The molecule has 0 saturated carbocycles. The summed E-state index contributed by atoms with van der Waals surface area (Å²) in [5.74, 6) is 2.17. The van der Waals surface area contributed by atoms with Crippen LogP contribution in [0.25, 0.3) is 0 Å². The molecule has 4 heteroatoms. The highest BCUT2D eigenvalue weighted by Crippen LogP contribution is 2.37. The first kappa shape index (κ1) is 12.4. The smallest absolute Gasteiger partial charge is 0.105 e. The summed E-state index contributed by atoms with van der Waals surface area (Å²) >= 11 is 4.08. The Hall–Kier alpha value is -0.0600. The van der Waals surface area contributed by atoms with Crippen LogP contribution in [-0.4, -0.2) is 27.5 Å². The Morgan fingerprint density at radius 1 is 1.50 bits per heavy atom. The Morgan fingerprint density at radius 3 is 2.94 bits per heavy atom. The van der Waals surface area contributed by atoms with Gasteiger partial charge in [-0.2, -0.15) is 23.5 Å². The minimum absolute atomic E-state index is 0.207. The molecule has 2 N–H and O–H groups in total. The van der Waals surface area contributed by atoms with E-state index in [1.807, 2.05) is 35.7 Å². The fourth-order valence-electron chi connectivity index (χ4n) is 1.82. The molecule has 1 fully saturated rings. The summed E-state index contributed by atoms with van der Waals surface area (Å²) in [4.78, 5) is 0. The van der Waals surface area contributed by atoms with Crippen LogP contribution in [0.3, 0.4) is 0 Å². The number of rotatable bonds is 3. The molecule has 0 aromatic carbocycles. The average Bonchev–Trinajstić information content (AvgIpc) is 2.74. The van der Waals surface area contributed by atoms with E-state index in [9.17, 15) is 0 Å². The lowest BCUT2D eigenvalue weighted by Crippen LogP contribution is -2.41. The molecule has 4 atom stereocenters. The fourth-order valence-corrected chi connectivity index (χ4v) is 4.89. The maximum atomic E-state index is 6.25.